The smallest absolute Gasteiger partial charge is 0.379 e. The Hall–Kier alpha value is -2.36. The summed E-state index contributed by atoms with van der Waals surface area (Å²) < 4.78 is 52.3. The maximum Gasteiger partial charge on any atom is 0.417 e. The first kappa shape index (κ1) is 20.4. The van der Waals surface area contributed by atoms with Crippen LogP contribution < -0.4 is 11.1 Å². The standard InChI is InChI=1S/C18H18F4N4OS/c1-17(6-7-28-16(23)26-17)12-8-11(3-4-13(12)19)25-15(27)14-5-2-10(9-24-14)18(20,21)22/h2-5,8-9,12-13H,6-7H2,1H3,(H2,23,26)(H,25,27)/t12?,13?,17-/m0/s1. The molecule has 0 spiro atoms. The van der Waals surface area contributed by atoms with Crippen LogP contribution in [-0.2, 0) is 6.18 Å². The molecule has 5 nitrogen and oxygen atoms in total. The molecule has 28 heavy (non-hydrogen) atoms. The quantitative estimate of drug-likeness (QED) is 0.743. The van der Waals surface area contributed by atoms with Gasteiger partial charge in [-0.25, -0.2) is 4.39 Å². The molecule has 3 N–H and O–H groups in total. The lowest BCUT2D eigenvalue weighted by atomic mass is 9.78. The molecule has 1 amide bonds. The number of nitrogens with zero attached hydrogens (tertiary/aromatic N) is 2. The summed E-state index contributed by atoms with van der Waals surface area (Å²) in [6.07, 6.45) is -0.311. The van der Waals surface area contributed by atoms with Gasteiger partial charge in [0.25, 0.3) is 5.91 Å². The van der Waals surface area contributed by atoms with Crippen molar-refractivity contribution in [3.05, 3.63) is 53.5 Å². The van der Waals surface area contributed by atoms with E-state index in [9.17, 15) is 22.4 Å². The fourth-order valence-electron chi connectivity index (χ4n) is 3.10. The van der Waals surface area contributed by atoms with Crippen molar-refractivity contribution in [1.29, 1.82) is 0 Å². The van der Waals surface area contributed by atoms with Gasteiger partial charge in [-0.2, -0.15) is 13.2 Å². The Balaban J connectivity index is 1.77. The molecule has 0 radical (unpaired) electrons. The summed E-state index contributed by atoms with van der Waals surface area (Å²) >= 11 is 1.41. The zero-order chi connectivity index (χ0) is 20.5. The number of hydrogen-bond acceptors (Lipinski definition) is 5. The molecule has 1 aliphatic heterocycles. The highest BCUT2D eigenvalue weighted by Crippen LogP contribution is 2.38. The highest BCUT2D eigenvalue weighted by Gasteiger charge is 2.40. The number of amides is 1. The van der Waals surface area contributed by atoms with E-state index in [2.05, 4.69) is 15.3 Å². The van der Waals surface area contributed by atoms with E-state index >= 15 is 0 Å². The van der Waals surface area contributed by atoms with Crippen LogP contribution in [0.25, 0.3) is 0 Å². The largest absolute Gasteiger partial charge is 0.417 e. The molecule has 3 rings (SSSR count). The first-order valence-electron chi connectivity index (χ1n) is 8.45. The normalized spacial score (nSPS) is 27.8. The topological polar surface area (TPSA) is 80.4 Å². The predicted molar refractivity (Wildman–Crippen MR) is 99.4 cm³/mol. The van der Waals surface area contributed by atoms with E-state index in [1.165, 1.54) is 23.9 Å². The second-order valence-electron chi connectivity index (χ2n) is 6.74. The number of thioether (sulfide) groups is 1. The molecule has 150 valence electrons. The molecule has 1 aliphatic carbocycles. The number of carbonyl (C=O) groups is 1. The van der Waals surface area contributed by atoms with E-state index < -0.39 is 35.3 Å². The van der Waals surface area contributed by atoms with Gasteiger partial charge < -0.3 is 11.1 Å². The first-order valence-corrected chi connectivity index (χ1v) is 9.44. The van der Waals surface area contributed by atoms with Gasteiger partial charge in [0.15, 0.2) is 5.17 Å². The third-order valence-electron chi connectivity index (χ3n) is 4.68. The third-order valence-corrected chi connectivity index (χ3v) is 5.48. The average molecular weight is 414 g/mol. The molecular weight excluding hydrogens is 396 g/mol. The number of amidine groups is 1. The van der Waals surface area contributed by atoms with Crippen molar-refractivity contribution < 1.29 is 22.4 Å². The van der Waals surface area contributed by atoms with Crippen molar-refractivity contribution in [3.8, 4) is 0 Å². The number of pyridine rings is 1. The van der Waals surface area contributed by atoms with Crippen molar-refractivity contribution >= 4 is 22.8 Å². The minimum absolute atomic E-state index is 0.177. The Bertz CT molecular complexity index is 850. The number of aromatic nitrogens is 1. The van der Waals surface area contributed by atoms with Gasteiger partial charge in [0, 0.05) is 23.6 Å². The van der Waals surface area contributed by atoms with Crippen LogP contribution in [-0.4, -0.2) is 33.5 Å². The van der Waals surface area contributed by atoms with Crippen molar-refractivity contribution in [3.63, 3.8) is 0 Å². The van der Waals surface area contributed by atoms with Gasteiger partial charge in [-0.1, -0.05) is 17.8 Å². The van der Waals surface area contributed by atoms with Crippen molar-refractivity contribution in [2.75, 3.05) is 5.75 Å². The predicted octanol–water partition coefficient (Wildman–Crippen LogP) is 3.45. The van der Waals surface area contributed by atoms with Crippen molar-refractivity contribution in [2.45, 2.75) is 31.2 Å². The van der Waals surface area contributed by atoms with Gasteiger partial charge in [0.05, 0.1) is 11.1 Å². The zero-order valence-corrected chi connectivity index (χ0v) is 15.6. The summed E-state index contributed by atoms with van der Waals surface area (Å²) in [4.78, 5) is 20.3. The zero-order valence-electron chi connectivity index (χ0n) is 14.8. The van der Waals surface area contributed by atoms with Gasteiger partial charge in [-0.15, -0.1) is 0 Å². The van der Waals surface area contributed by atoms with Gasteiger partial charge in [0.2, 0.25) is 0 Å². The van der Waals surface area contributed by atoms with Crippen LogP contribution in [0.15, 0.2) is 47.2 Å². The molecule has 3 atom stereocenters. The Morgan fingerprint density at radius 2 is 2.14 bits per heavy atom. The Labute approximate surface area is 163 Å². The molecule has 0 saturated heterocycles. The molecule has 2 unspecified atom stereocenters. The lowest BCUT2D eigenvalue weighted by Gasteiger charge is -2.37. The lowest BCUT2D eigenvalue weighted by molar-refractivity contribution is -0.137. The first-order chi connectivity index (χ1) is 13.1. The molecule has 0 aromatic carbocycles. The van der Waals surface area contributed by atoms with Gasteiger partial charge in [-0.05, 0) is 37.6 Å². The number of aliphatic imine (C=N–C) groups is 1. The molecule has 1 aromatic rings. The Morgan fingerprint density at radius 3 is 2.75 bits per heavy atom. The number of rotatable bonds is 3. The second kappa shape index (κ2) is 7.57. The minimum atomic E-state index is -4.53. The van der Waals surface area contributed by atoms with Crippen LogP contribution in [0.2, 0.25) is 0 Å². The van der Waals surface area contributed by atoms with Crippen LogP contribution >= 0.6 is 11.8 Å². The van der Waals surface area contributed by atoms with E-state index in [-0.39, 0.29) is 5.69 Å². The van der Waals surface area contributed by atoms with Gasteiger partial charge in [0.1, 0.15) is 11.9 Å². The van der Waals surface area contributed by atoms with Gasteiger partial charge in [-0.3, -0.25) is 14.8 Å². The summed E-state index contributed by atoms with van der Waals surface area (Å²) in [6, 6.07) is 1.77. The summed E-state index contributed by atoms with van der Waals surface area (Å²) in [5.74, 6) is -0.607. The SMILES string of the molecule is C[C@@]1(C2C=C(NC(=O)c3ccc(C(F)(F)F)cn3)C=CC2F)CCSC(N)=N1. The highest BCUT2D eigenvalue weighted by molar-refractivity contribution is 8.13. The summed E-state index contributed by atoms with van der Waals surface area (Å²) in [6.45, 7) is 1.81. The molecule has 0 fully saturated rings. The maximum absolute atomic E-state index is 14.5. The summed E-state index contributed by atoms with van der Waals surface area (Å²) in [5.41, 5.74) is 4.25. The summed E-state index contributed by atoms with van der Waals surface area (Å²) in [7, 11) is 0. The minimum Gasteiger partial charge on any atom is -0.379 e. The Morgan fingerprint density at radius 1 is 1.39 bits per heavy atom. The van der Waals surface area contributed by atoms with Crippen LogP contribution in [0.5, 0.6) is 0 Å². The molecule has 0 bridgehead atoms. The summed E-state index contributed by atoms with van der Waals surface area (Å²) in [5, 5.41) is 2.94. The number of halogens is 4. The monoisotopic (exact) mass is 414 g/mol. The number of nitrogens with one attached hydrogen (secondary N) is 1. The number of hydrogen-bond donors (Lipinski definition) is 2. The van der Waals surface area contributed by atoms with E-state index in [1.54, 1.807) is 6.08 Å². The fourth-order valence-corrected chi connectivity index (χ4v) is 4.09. The van der Waals surface area contributed by atoms with E-state index in [0.29, 0.717) is 29.2 Å². The number of carbonyl (C=O) groups excluding carboxylic acids is 1. The lowest BCUT2D eigenvalue weighted by Crippen LogP contribution is -2.43. The van der Waals surface area contributed by atoms with Crippen LogP contribution in [0.3, 0.4) is 0 Å². The number of nitrogens with two attached hydrogens (primary N) is 1. The third kappa shape index (κ3) is 4.37. The molecule has 10 heteroatoms. The fraction of sp³-hybridized carbons (Fsp3) is 0.389. The van der Waals surface area contributed by atoms with E-state index in [1.807, 2.05) is 6.92 Å². The van der Waals surface area contributed by atoms with E-state index in [4.69, 9.17) is 5.73 Å². The van der Waals surface area contributed by atoms with Crippen LogP contribution in [0.4, 0.5) is 17.6 Å². The van der Waals surface area contributed by atoms with Crippen LogP contribution in [0.1, 0.15) is 29.4 Å². The number of allylic oxidation sites excluding steroid dienone is 2. The number of alkyl halides is 4. The highest BCUT2D eigenvalue weighted by atomic mass is 32.2. The molecule has 1 aromatic heterocycles. The molecule has 2 heterocycles. The second-order valence-corrected chi connectivity index (χ2v) is 7.86. The van der Waals surface area contributed by atoms with Crippen LogP contribution in [0, 0.1) is 5.92 Å². The van der Waals surface area contributed by atoms with Crippen molar-refractivity contribution in [1.82, 2.24) is 10.3 Å². The van der Waals surface area contributed by atoms with Crippen molar-refractivity contribution in [2.24, 2.45) is 16.6 Å². The van der Waals surface area contributed by atoms with E-state index in [0.717, 1.165) is 12.1 Å². The molecule has 0 saturated carbocycles. The average Bonchev–Trinajstić information content (AvgIpc) is 2.62. The molecule has 2 aliphatic rings. The maximum atomic E-state index is 14.5. The van der Waals surface area contributed by atoms with Gasteiger partial charge >= 0.3 is 6.18 Å². The molecular formula is C18H18F4N4OS. The Kier molecular flexibility index (Phi) is 5.51.